The second kappa shape index (κ2) is 6.45. The van der Waals surface area contributed by atoms with Gasteiger partial charge in [-0.05, 0) is 24.0 Å². The molecule has 0 spiro atoms. The van der Waals surface area contributed by atoms with E-state index in [0.29, 0.717) is 24.2 Å². The van der Waals surface area contributed by atoms with Gasteiger partial charge in [-0.25, -0.2) is 0 Å². The average Bonchev–Trinajstić information content (AvgIpc) is 2.29. The Labute approximate surface area is 89.6 Å². The number of aliphatic hydroxyl groups excluding tert-OH is 1. The summed E-state index contributed by atoms with van der Waals surface area (Å²) in [4.78, 5) is 0. The normalized spacial score (nSPS) is 10.1. The number of aliphatic hydroxyl groups is 1. The Morgan fingerprint density at radius 3 is 2.87 bits per heavy atom. The van der Waals surface area contributed by atoms with Gasteiger partial charge in [0.05, 0.1) is 7.11 Å². The molecular formula is C10H15BO4. The maximum atomic E-state index is 9.61. The van der Waals surface area contributed by atoms with Crippen LogP contribution in [0.1, 0.15) is 6.42 Å². The van der Waals surface area contributed by atoms with Crippen molar-refractivity contribution in [2.24, 2.45) is 0 Å². The molecule has 0 aromatic heterocycles. The quantitative estimate of drug-likeness (QED) is 0.503. The van der Waals surface area contributed by atoms with Gasteiger partial charge in [0.15, 0.2) is 0 Å². The maximum absolute atomic E-state index is 9.61. The fourth-order valence-electron chi connectivity index (χ4n) is 1.15. The summed E-state index contributed by atoms with van der Waals surface area (Å²) in [6, 6.07) is 7.05. The van der Waals surface area contributed by atoms with Crippen LogP contribution in [0.4, 0.5) is 0 Å². The second-order valence-electron chi connectivity index (χ2n) is 3.08. The third kappa shape index (κ3) is 3.91. The number of methoxy groups -OCH3 is 1. The van der Waals surface area contributed by atoms with Crippen molar-refractivity contribution in [2.75, 3.05) is 20.3 Å². The van der Waals surface area contributed by atoms with Crippen molar-refractivity contribution >= 4 is 12.6 Å². The van der Waals surface area contributed by atoms with Gasteiger partial charge in [-0.1, -0.05) is 12.1 Å². The smallest absolute Gasteiger partial charge is 0.491 e. The van der Waals surface area contributed by atoms with Crippen LogP contribution < -0.4 is 10.2 Å². The first-order valence-electron chi connectivity index (χ1n) is 4.82. The molecule has 0 fully saturated rings. The molecule has 1 aromatic carbocycles. The highest BCUT2D eigenvalue weighted by Crippen LogP contribution is 2.06. The molecule has 1 rings (SSSR count). The van der Waals surface area contributed by atoms with Crippen LogP contribution >= 0.6 is 0 Å². The first-order valence-corrected chi connectivity index (χ1v) is 4.82. The van der Waals surface area contributed by atoms with Crippen LogP contribution in [0, 0.1) is 0 Å². The molecule has 15 heavy (non-hydrogen) atoms. The summed E-state index contributed by atoms with van der Waals surface area (Å²) in [7, 11) is 0.602. The van der Waals surface area contributed by atoms with E-state index in [1.165, 1.54) is 0 Å². The van der Waals surface area contributed by atoms with Crippen molar-refractivity contribution in [3.63, 3.8) is 0 Å². The predicted octanol–water partition coefficient (Wildman–Crippen LogP) is -0.218. The Hall–Kier alpha value is -1.04. The summed E-state index contributed by atoms with van der Waals surface area (Å²) in [6.07, 6.45) is 0.515. The van der Waals surface area contributed by atoms with Crippen LogP contribution in [0.5, 0.6) is 5.75 Å². The molecule has 0 aliphatic carbocycles. The van der Waals surface area contributed by atoms with Crippen molar-refractivity contribution in [3.8, 4) is 5.75 Å². The lowest BCUT2D eigenvalue weighted by atomic mass is 9.79. The van der Waals surface area contributed by atoms with Gasteiger partial charge in [0.25, 0.3) is 0 Å². The molecule has 0 saturated carbocycles. The molecule has 0 unspecified atom stereocenters. The first-order chi connectivity index (χ1) is 7.27. The number of rotatable bonds is 6. The number of hydrogen-bond donors (Lipinski definition) is 2. The lowest BCUT2D eigenvalue weighted by Crippen LogP contribution is -2.34. The summed E-state index contributed by atoms with van der Waals surface area (Å²) < 4.78 is 10.1. The molecule has 0 amide bonds. The van der Waals surface area contributed by atoms with E-state index in [-0.39, 0.29) is 6.61 Å². The standard InChI is InChI=1S/C10H15BO4/c1-14-10-5-2-4-9(8-10)11(13)15-7-3-6-12/h2,4-5,8,12-13H,3,6-7H2,1H3. The minimum absolute atomic E-state index is 0.0603. The molecule has 0 aliphatic rings. The van der Waals surface area contributed by atoms with E-state index in [4.69, 9.17) is 14.5 Å². The Bertz CT molecular complexity index is 293. The molecule has 0 radical (unpaired) electrons. The zero-order valence-electron chi connectivity index (χ0n) is 8.72. The van der Waals surface area contributed by atoms with Gasteiger partial charge in [0.1, 0.15) is 5.75 Å². The van der Waals surface area contributed by atoms with E-state index >= 15 is 0 Å². The van der Waals surface area contributed by atoms with Crippen LogP contribution in [0.2, 0.25) is 0 Å². The molecule has 4 nitrogen and oxygen atoms in total. The van der Waals surface area contributed by atoms with Gasteiger partial charge in [-0.2, -0.15) is 0 Å². The van der Waals surface area contributed by atoms with Gasteiger partial charge < -0.3 is 19.5 Å². The van der Waals surface area contributed by atoms with E-state index in [1.54, 1.807) is 31.4 Å². The topological polar surface area (TPSA) is 58.9 Å². The average molecular weight is 210 g/mol. The zero-order chi connectivity index (χ0) is 11.1. The minimum Gasteiger partial charge on any atom is -0.497 e. The molecule has 0 heterocycles. The third-order valence-electron chi connectivity index (χ3n) is 1.96. The van der Waals surface area contributed by atoms with Crippen molar-refractivity contribution in [3.05, 3.63) is 24.3 Å². The van der Waals surface area contributed by atoms with E-state index in [2.05, 4.69) is 0 Å². The molecule has 0 bridgehead atoms. The summed E-state index contributed by atoms with van der Waals surface area (Å²) in [5.41, 5.74) is 0.646. The molecule has 0 aliphatic heterocycles. The van der Waals surface area contributed by atoms with Crippen LogP contribution in [0.25, 0.3) is 0 Å². The highest BCUT2D eigenvalue weighted by atomic mass is 16.5. The molecule has 2 N–H and O–H groups in total. The van der Waals surface area contributed by atoms with Gasteiger partial charge in [0.2, 0.25) is 0 Å². The van der Waals surface area contributed by atoms with Gasteiger partial charge in [-0.15, -0.1) is 0 Å². The van der Waals surface area contributed by atoms with Crippen molar-refractivity contribution < 1.29 is 19.5 Å². The maximum Gasteiger partial charge on any atom is 0.491 e. The zero-order valence-corrected chi connectivity index (χ0v) is 8.72. The minimum atomic E-state index is -0.966. The Kier molecular flexibility index (Phi) is 5.17. The van der Waals surface area contributed by atoms with Gasteiger partial charge in [-0.3, -0.25) is 0 Å². The number of ether oxygens (including phenoxy) is 1. The van der Waals surface area contributed by atoms with E-state index in [0.717, 1.165) is 0 Å². The van der Waals surface area contributed by atoms with Crippen molar-refractivity contribution in [2.45, 2.75) is 6.42 Å². The number of hydrogen-bond acceptors (Lipinski definition) is 4. The molecule has 1 aromatic rings. The highest BCUT2D eigenvalue weighted by molar-refractivity contribution is 6.60. The van der Waals surface area contributed by atoms with E-state index in [1.807, 2.05) is 0 Å². The molecule has 0 atom stereocenters. The van der Waals surface area contributed by atoms with Crippen molar-refractivity contribution in [1.82, 2.24) is 0 Å². The summed E-state index contributed by atoms with van der Waals surface area (Å²) in [5, 5.41) is 18.2. The molecule has 82 valence electrons. The van der Waals surface area contributed by atoms with Crippen LogP contribution in [-0.4, -0.2) is 37.6 Å². The lowest BCUT2D eigenvalue weighted by molar-refractivity contribution is 0.216. The fourth-order valence-corrected chi connectivity index (χ4v) is 1.15. The summed E-state index contributed by atoms with van der Waals surface area (Å²) in [5.74, 6) is 0.678. The lowest BCUT2D eigenvalue weighted by Gasteiger charge is -2.08. The Morgan fingerprint density at radius 1 is 1.40 bits per heavy atom. The molecule has 5 heteroatoms. The van der Waals surface area contributed by atoms with Gasteiger partial charge >= 0.3 is 7.12 Å². The monoisotopic (exact) mass is 210 g/mol. The summed E-state index contributed by atoms with van der Waals surface area (Å²) >= 11 is 0. The van der Waals surface area contributed by atoms with Gasteiger partial charge in [0, 0.05) is 13.2 Å². The largest absolute Gasteiger partial charge is 0.497 e. The first kappa shape index (κ1) is 12.0. The van der Waals surface area contributed by atoms with Crippen LogP contribution in [0.3, 0.4) is 0 Å². The Morgan fingerprint density at radius 2 is 2.20 bits per heavy atom. The van der Waals surface area contributed by atoms with E-state index < -0.39 is 7.12 Å². The number of benzene rings is 1. The molecule has 0 saturated heterocycles. The highest BCUT2D eigenvalue weighted by Gasteiger charge is 2.16. The Balaban J connectivity index is 2.52. The predicted molar refractivity (Wildman–Crippen MR) is 58.3 cm³/mol. The summed E-state index contributed by atoms with van der Waals surface area (Å²) in [6.45, 7) is 0.389. The SMILES string of the molecule is COc1cccc(B(O)OCCCO)c1. The van der Waals surface area contributed by atoms with Crippen LogP contribution in [0.15, 0.2) is 24.3 Å². The fraction of sp³-hybridized carbons (Fsp3) is 0.400. The van der Waals surface area contributed by atoms with Crippen molar-refractivity contribution in [1.29, 1.82) is 0 Å². The second-order valence-corrected chi connectivity index (χ2v) is 3.08. The molecular weight excluding hydrogens is 195 g/mol. The third-order valence-corrected chi connectivity index (χ3v) is 1.96. The van der Waals surface area contributed by atoms with Crippen LogP contribution in [-0.2, 0) is 4.65 Å². The van der Waals surface area contributed by atoms with E-state index in [9.17, 15) is 5.02 Å².